The molecule has 2 aromatic heterocycles. The first-order chi connectivity index (χ1) is 8.68. The lowest BCUT2D eigenvalue weighted by Gasteiger charge is -2.13. The maximum absolute atomic E-state index is 6.03. The molecule has 0 unspecified atom stereocenters. The average Bonchev–Trinajstić information content (AvgIpc) is 2.84. The molecule has 0 bridgehead atoms. The smallest absolute Gasteiger partial charge is 0.181 e. The molecule has 0 amide bonds. The van der Waals surface area contributed by atoms with Crippen molar-refractivity contribution in [2.75, 3.05) is 38.2 Å². The maximum Gasteiger partial charge on any atom is 0.181 e. The predicted molar refractivity (Wildman–Crippen MR) is 70.6 cm³/mol. The monoisotopic (exact) mass is 247 g/mol. The first-order valence-corrected chi connectivity index (χ1v) is 5.67. The van der Waals surface area contributed by atoms with Gasteiger partial charge >= 0.3 is 0 Å². The highest BCUT2D eigenvalue weighted by atomic mass is 15.3. The third kappa shape index (κ3) is 2.75. The molecule has 0 fully saturated rings. The van der Waals surface area contributed by atoms with Crippen LogP contribution in [-0.4, -0.2) is 51.8 Å². The zero-order chi connectivity index (χ0) is 13.0. The Morgan fingerprint density at radius 2 is 2.22 bits per heavy atom. The number of hydrogen-bond donors (Lipinski definition) is 2. The molecule has 0 aliphatic rings. The van der Waals surface area contributed by atoms with E-state index in [-0.39, 0.29) is 0 Å². The Morgan fingerprint density at radius 3 is 2.89 bits per heavy atom. The molecule has 3 N–H and O–H groups in total. The third-order valence-corrected chi connectivity index (χ3v) is 2.44. The van der Waals surface area contributed by atoms with Gasteiger partial charge in [-0.05, 0) is 20.2 Å². The molecule has 7 nitrogen and oxygen atoms in total. The van der Waals surface area contributed by atoms with Crippen LogP contribution in [0.3, 0.4) is 0 Å². The second kappa shape index (κ2) is 5.46. The van der Waals surface area contributed by atoms with Gasteiger partial charge in [0.1, 0.15) is 12.0 Å². The lowest BCUT2D eigenvalue weighted by atomic mass is 10.4. The summed E-state index contributed by atoms with van der Waals surface area (Å²) in [4.78, 5) is 10.4. The lowest BCUT2D eigenvalue weighted by molar-refractivity contribution is 0.425. The van der Waals surface area contributed by atoms with Crippen LogP contribution in [0.15, 0.2) is 24.8 Å². The van der Waals surface area contributed by atoms with Crippen molar-refractivity contribution in [3.8, 4) is 5.82 Å². The summed E-state index contributed by atoms with van der Waals surface area (Å²) in [5.74, 6) is 1.22. The van der Waals surface area contributed by atoms with Crippen molar-refractivity contribution in [3.05, 3.63) is 24.8 Å². The van der Waals surface area contributed by atoms with Crippen LogP contribution in [0.25, 0.3) is 5.82 Å². The molecule has 0 aromatic carbocycles. The van der Waals surface area contributed by atoms with Crippen molar-refractivity contribution >= 4 is 11.5 Å². The van der Waals surface area contributed by atoms with E-state index in [1.54, 1.807) is 17.1 Å². The molecule has 0 saturated carbocycles. The van der Waals surface area contributed by atoms with Crippen molar-refractivity contribution in [1.29, 1.82) is 0 Å². The summed E-state index contributed by atoms with van der Waals surface area (Å²) in [6.45, 7) is 1.67. The highest BCUT2D eigenvalue weighted by Gasteiger charge is 2.09. The summed E-state index contributed by atoms with van der Waals surface area (Å²) in [5.41, 5.74) is 6.53. The fraction of sp³-hybridized carbons (Fsp3) is 0.364. The molecule has 96 valence electrons. The summed E-state index contributed by atoms with van der Waals surface area (Å²) in [5, 5.41) is 7.30. The standard InChI is InChI=1S/C11H17N7/c1-17(2)7-5-13-10-9(12)11(15-8-14-10)18-6-3-4-16-18/h3-4,6,8H,5,7,12H2,1-2H3,(H,13,14,15). The molecule has 0 atom stereocenters. The number of anilines is 2. The van der Waals surface area contributed by atoms with E-state index in [1.165, 1.54) is 6.33 Å². The third-order valence-electron chi connectivity index (χ3n) is 2.44. The number of rotatable bonds is 5. The van der Waals surface area contributed by atoms with E-state index in [4.69, 9.17) is 5.73 Å². The number of nitrogens with one attached hydrogen (secondary N) is 1. The minimum atomic E-state index is 0.500. The zero-order valence-corrected chi connectivity index (χ0v) is 10.5. The van der Waals surface area contributed by atoms with Gasteiger partial charge in [0.25, 0.3) is 0 Å². The zero-order valence-electron chi connectivity index (χ0n) is 10.5. The Balaban J connectivity index is 2.15. The minimum absolute atomic E-state index is 0.500. The average molecular weight is 247 g/mol. The number of nitrogens with two attached hydrogens (primary N) is 1. The van der Waals surface area contributed by atoms with E-state index in [2.05, 4.69) is 25.3 Å². The van der Waals surface area contributed by atoms with Gasteiger partial charge in [-0.15, -0.1) is 0 Å². The molecule has 0 radical (unpaired) electrons. The van der Waals surface area contributed by atoms with Crippen LogP contribution in [0, 0.1) is 0 Å². The van der Waals surface area contributed by atoms with Crippen LogP contribution in [0.4, 0.5) is 11.5 Å². The van der Waals surface area contributed by atoms with E-state index >= 15 is 0 Å². The summed E-state index contributed by atoms with van der Waals surface area (Å²) in [7, 11) is 4.03. The van der Waals surface area contributed by atoms with Crippen LogP contribution >= 0.6 is 0 Å². The van der Waals surface area contributed by atoms with E-state index in [0.29, 0.717) is 17.3 Å². The Bertz CT molecular complexity index is 492. The molecule has 0 aliphatic carbocycles. The number of likely N-dealkylation sites (N-methyl/N-ethyl adjacent to an activating group) is 1. The van der Waals surface area contributed by atoms with E-state index in [9.17, 15) is 0 Å². The molecule has 7 heteroatoms. The Hall–Kier alpha value is -2.15. The molecule has 0 aliphatic heterocycles. The second-order valence-electron chi connectivity index (χ2n) is 4.14. The van der Waals surface area contributed by atoms with Crippen LogP contribution in [0.2, 0.25) is 0 Å². The van der Waals surface area contributed by atoms with Gasteiger partial charge in [0, 0.05) is 25.5 Å². The quantitative estimate of drug-likeness (QED) is 0.786. The molecule has 2 aromatic rings. The fourth-order valence-corrected chi connectivity index (χ4v) is 1.50. The van der Waals surface area contributed by atoms with Crippen LogP contribution in [-0.2, 0) is 0 Å². The van der Waals surface area contributed by atoms with E-state index < -0.39 is 0 Å². The Labute approximate surface area is 106 Å². The number of aromatic nitrogens is 4. The normalized spacial score (nSPS) is 10.8. The fourth-order valence-electron chi connectivity index (χ4n) is 1.50. The molecule has 2 rings (SSSR count). The van der Waals surface area contributed by atoms with Crippen molar-refractivity contribution in [3.63, 3.8) is 0 Å². The van der Waals surface area contributed by atoms with Gasteiger partial charge in [-0.25, -0.2) is 14.6 Å². The van der Waals surface area contributed by atoms with Crippen molar-refractivity contribution in [2.45, 2.75) is 0 Å². The van der Waals surface area contributed by atoms with Crippen LogP contribution in [0.1, 0.15) is 0 Å². The Morgan fingerprint density at radius 1 is 1.39 bits per heavy atom. The van der Waals surface area contributed by atoms with Gasteiger partial charge in [0.2, 0.25) is 0 Å². The molecule has 0 spiro atoms. The largest absolute Gasteiger partial charge is 0.393 e. The topological polar surface area (TPSA) is 84.9 Å². The van der Waals surface area contributed by atoms with E-state index in [0.717, 1.165) is 13.1 Å². The molecule has 2 heterocycles. The van der Waals surface area contributed by atoms with Gasteiger partial charge in [-0.3, -0.25) is 0 Å². The predicted octanol–water partition coefficient (Wildman–Crippen LogP) is 0.218. The van der Waals surface area contributed by atoms with Gasteiger partial charge in [-0.2, -0.15) is 5.10 Å². The van der Waals surface area contributed by atoms with Crippen LogP contribution < -0.4 is 11.1 Å². The number of nitrogen functional groups attached to an aromatic ring is 1. The van der Waals surface area contributed by atoms with Crippen molar-refractivity contribution in [2.24, 2.45) is 0 Å². The highest BCUT2D eigenvalue weighted by Crippen LogP contribution is 2.20. The minimum Gasteiger partial charge on any atom is -0.393 e. The first kappa shape index (κ1) is 12.3. The van der Waals surface area contributed by atoms with Gasteiger partial charge in [-0.1, -0.05) is 0 Å². The summed E-state index contributed by atoms with van der Waals surface area (Å²) < 4.78 is 1.62. The summed E-state index contributed by atoms with van der Waals surface area (Å²) in [6.07, 6.45) is 4.95. The van der Waals surface area contributed by atoms with Crippen molar-refractivity contribution < 1.29 is 0 Å². The number of nitrogens with zero attached hydrogens (tertiary/aromatic N) is 5. The van der Waals surface area contributed by atoms with Gasteiger partial charge in [0.05, 0.1) is 0 Å². The lowest BCUT2D eigenvalue weighted by Crippen LogP contribution is -2.22. The molecular formula is C11H17N7. The summed E-state index contributed by atoms with van der Waals surface area (Å²) >= 11 is 0. The molecular weight excluding hydrogens is 230 g/mol. The van der Waals surface area contributed by atoms with E-state index in [1.807, 2.05) is 20.2 Å². The van der Waals surface area contributed by atoms with Crippen LogP contribution in [0.5, 0.6) is 0 Å². The SMILES string of the molecule is CN(C)CCNc1ncnc(-n2cccn2)c1N. The summed E-state index contributed by atoms with van der Waals surface area (Å²) in [6, 6.07) is 1.82. The first-order valence-electron chi connectivity index (χ1n) is 5.67. The maximum atomic E-state index is 6.03. The molecule has 18 heavy (non-hydrogen) atoms. The van der Waals surface area contributed by atoms with Gasteiger partial charge in [0.15, 0.2) is 11.6 Å². The highest BCUT2D eigenvalue weighted by molar-refractivity contribution is 5.68. The van der Waals surface area contributed by atoms with Gasteiger partial charge < -0.3 is 16.0 Å². The van der Waals surface area contributed by atoms with Crippen molar-refractivity contribution in [1.82, 2.24) is 24.6 Å². The number of hydrogen-bond acceptors (Lipinski definition) is 6. The Kier molecular flexibility index (Phi) is 3.73. The molecule has 0 saturated heterocycles. The second-order valence-corrected chi connectivity index (χ2v) is 4.14.